The molecule has 1 N–H and O–H groups in total. The van der Waals surface area contributed by atoms with Gasteiger partial charge < -0.3 is 5.32 Å². The van der Waals surface area contributed by atoms with Crippen molar-refractivity contribution < 1.29 is 4.79 Å². The second-order valence-corrected chi connectivity index (χ2v) is 6.83. The average Bonchev–Trinajstić information content (AvgIpc) is 3.09. The quantitative estimate of drug-likeness (QED) is 0.668. The summed E-state index contributed by atoms with van der Waals surface area (Å²) in [5.41, 5.74) is 0.901. The fourth-order valence-corrected chi connectivity index (χ4v) is 2.81. The summed E-state index contributed by atoms with van der Waals surface area (Å²) < 4.78 is 3.01. The Labute approximate surface area is 163 Å². The molecule has 2 heterocycles. The van der Waals surface area contributed by atoms with Gasteiger partial charge in [0.05, 0.1) is 27.8 Å². The molecule has 0 saturated carbocycles. The fraction of sp³-hybridized carbons (Fsp3) is 0.133. The summed E-state index contributed by atoms with van der Waals surface area (Å²) in [4.78, 5) is 12.0. The molecule has 3 rings (SSSR count). The molecule has 0 aliphatic carbocycles. The minimum atomic E-state index is -0.318. The molecule has 1 amide bonds. The van der Waals surface area contributed by atoms with E-state index in [-0.39, 0.29) is 18.3 Å². The van der Waals surface area contributed by atoms with E-state index in [1.165, 1.54) is 10.9 Å². The van der Waals surface area contributed by atoms with E-state index in [0.717, 1.165) is 5.56 Å². The summed E-state index contributed by atoms with van der Waals surface area (Å²) in [7, 11) is 0. The Morgan fingerprint density at radius 1 is 1.04 bits per heavy atom. The molecule has 0 fully saturated rings. The zero-order valence-electron chi connectivity index (χ0n) is 12.6. The third-order valence-electron chi connectivity index (χ3n) is 3.21. The van der Waals surface area contributed by atoms with Crippen LogP contribution >= 0.6 is 46.4 Å². The van der Waals surface area contributed by atoms with E-state index in [1.54, 1.807) is 29.2 Å². The molecular formula is C15H11Cl4N5O. The zero-order valence-corrected chi connectivity index (χ0v) is 15.6. The van der Waals surface area contributed by atoms with E-state index in [9.17, 15) is 4.79 Å². The van der Waals surface area contributed by atoms with Gasteiger partial charge in [-0.3, -0.25) is 14.2 Å². The van der Waals surface area contributed by atoms with Crippen molar-refractivity contribution in [2.75, 3.05) is 5.32 Å². The van der Waals surface area contributed by atoms with Crippen LogP contribution in [0, 0.1) is 0 Å². The van der Waals surface area contributed by atoms with Gasteiger partial charge in [0.1, 0.15) is 11.6 Å². The van der Waals surface area contributed by atoms with Crippen LogP contribution in [0.5, 0.6) is 0 Å². The summed E-state index contributed by atoms with van der Waals surface area (Å²) in [6.07, 6.45) is 4.61. The first kappa shape index (κ1) is 18.1. The molecular weight excluding hydrogens is 408 g/mol. The van der Waals surface area contributed by atoms with Crippen LogP contribution in [0.15, 0.2) is 36.8 Å². The Morgan fingerprint density at radius 2 is 1.84 bits per heavy atom. The maximum Gasteiger partial charge on any atom is 0.247 e. The second-order valence-electron chi connectivity index (χ2n) is 5.18. The predicted octanol–water partition coefficient (Wildman–Crippen LogP) is 4.38. The van der Waals surface area contributed by atoms with Crippen molar-refractivity contribution >= 4 is 58.1 Å². The molecule has 0 atom stereocenters. The van der Waals surface area contributed by atoms with Gasteiger partial charge in [0.15, 0.2) is 5.82 Å². The number of hydrogen-bond acceptors (Lipinski definition) is 3. The van der Waals surface area contributed by atoms with Crippen molar-refractivity contribution in [3.8, 4) is 0 Å². The second kappa shape index (κ2) is 7.66. The SMILES string of the molecule is O=C(Cn1cc(Cl)cn1)Nc1nn(Cc2ccc(Cl)c(Cl)c2)cc1Cl. The van der Waals surface area contributed by atoms with E-state index in [4.69, 9.17) is 46.4 Å². The molecule has 2 aromatic heterocycles. The monoisotopic (exact) mass is 417 g/mol. The van der Waals surface area contributed by atoms with Crippen LogP contribution in [0.25, 0.3) is 0 Å². The normalized spacial score (nSPS) is 10.9. The van der Waals surface area contributed by atoms with Crippen molar-refractivity contribution in [1.82, 2.24) is 19.6 Å². The summed E-state index contributed by atoms with van der Waals surface area (Å²) in [5, 5.41) is 12.6. The van der Waals surface area contributed by atoms with Crippen molar-refractivity contribution in [3.05, 3.63) is 62.4 Å². The van der Waals surface area contributed by atoms with Crippen LogP contribution in [-0.4, -0.2) is 25.5 Å². The number of aromatic nitrogens is 4. The lowest BCUT2D eigenvalue weighted by atomic mass is 10.2. The lowest BCUT2D eigenvalue weighted by Gasteiger charge is -2.04. The van der Waals surface area contributed by atoms with E-state index < -0.39 is 0 Å². The number of anilines is 1. The van der Waals surface area contributed by atoms with Gasteiger partial charge in [-0.1, -0.05) is 52.5 Å². The van der Waals surface area contributed by atoms with Gasteiger partial charge in [-0.25, -0.2) is 0 Å². The van der Waals surface area contributed by atoms with Gasteiger partial charge in [-0.15, -0.1) is 0 Å². The van der Waals surface area contributed by atoms with Gasteiger partial charge in [-0.05, 0) is 17.7 Å². The molecule has 0 saturated heterocycles. The number of rotatable bonds is 5. The van der Waals surface area contributed by atoms with Gasteiger partial charge >= 0.3 is 0 Å². The highest BCUT2D eigenvalue weighted by Crippen LogP contribution is 2.24. The van der Waals surface area contributed by atoms with Crippen LogP contribution in [0.2, 0.25) is 20.1 Å². The third kappa shape index (κ3) is 4.67. The molecule has 25 heavy (non-hydrogen) atoms. The highest BCUT2D eigenvalue weighted by Gasteiger charge is 2.12. The van der Waals surface area contributed by atoms with Crippen LogP contribution in [0.1, 0.15) is 5.56 Å². The topological polar surface area (TPSA) is 64.7 Å². The standard InChI is InChI=1S/C15H11Cl4N5O/c16-10-4-20-23(6-10)8-14(25)21-15-13(19)7-24(22-15)5-9-1-2-11(17)12(18)3-9/h1-4,6-7H,5,8H2,(H,21,22,25). The van der Waals surface area contributed by atoms with Crippen LogP contribution < -0.4 is 5.32 Å². The third-order valence-corrected chi connectivity index (χ3v) is 4.42. The summed E-state index contributed by atoms with van der Waals surface area (Å²) >= 11 is 23.8. The summed E-state index contributed by atoms with van der Waals surface area (Å²) in [6, 6.07) is 5.30. The Bertz CT molecular complexity index is 921. The number of hydrogen-bond donors (Lipinski definition) is 1. The van der Waals surface area contributed by atoms with E-state index in [0.29, 0.717) is 26.6 Å². The van der Waals surface area contributed by atoms with Crippen molar-refractivity contribution in [1.29, 1.82) is 0 Å². The van der Waals surface area contributed by atoms with Gasteiger partial charge in [0.25, 0.3) is 0 Å². The minimum Gasteiger partial charge on any atom is -0.306 e. The lowest BCUT2D eigenvalue weighted by Crippen LogP contribution is -2.19. The predicted molar refractivity (Wildman–Crippen MR) is 98.7 cm³/mol. The number of carbonyl (C=O) groups is 1. The largest absolute Gasteiger partial charge is 0.306 e. The number of nitrogens with zero attached hydrogens (tertiary/aromatic N) is 4. The molecule has 3 aromatic rings. The number of benzene rings is 1. The van der Waals surface area contributed by atoms with Crippen LogP contribution in [0.4, 0.5) is 5.82 Å². The molecule has 1 aromatic carbocycles. The fourth-order valence-electron chi connectivity index (χ4n) is 2.13. The number of carbonyl (C=O) groups excluding carboxylic acids is 1. The highest BCUT2D eigenvalue weighted by atomic mass is 35.5. The molecule has 0 spiro atoms. The maximum absolute atomic E-state index is 12.0. The van der Waals surface area contributed by atoms with E-state index in [1.807, 2.05) is 6.07 Å². The smallest absolute Gasteiger partial charge is 0.247 e. The van der Waals surface area contributed by atoms with Gasteiger partial charge in [0.2, 0.25) is 5.91 Å². The van der Waals surface area contributed by atoms with Gasteiger partial charge in [-0.2, -0.15) is 10.2 Å². The first-order valence-corrected chi connectivity index (χ1v) is 8.56. The number of halogens is 4. The van der Waals surface area contributed by atoms with E-state index >= 15 is 0 Å². The van der Waals surface area contributed by atoms with Crippen molar-refractivity contribution in [2.45, 2.75) is 13.1 Å². The molecule has 0 radical (unpaired) electrons. The molecule has 6 nitrogen and oxygen atoms in total. The minimum absolute atomic E-state index is 0.00268. The first-order chi connectivity index (χ1) is 11.9. The molecule has 0 aliphatic rings. The average molecular weight is 419 g/mol. The molecule has 0 bridgehead atoms. The molecule has 10 heteroatoms. The summed E-state index contributed by atoms with van der Waals surface area (Å²) in [6.45, 7) is 0.434. The molecule has 0 aliphatic heterocycles. The Kier molecular flexibility index (Phi) is 5.54. The van der Waals surface area contributed by atoms with Crippen LogP contribution in [-0.2, 0) is 17.9 Å². The molecule has 130 valence electrons. The van der Waals surface area contributed by atoms with Crippen molar-refractivity contribution in [3.63, 3.8) is 0 Å². The van der Waals surface area contributed by atoms with Crippen LogP contribution in [0.3, 0.4) is 0 Å². The lowest BCUT2D eigenvalue weighted by molar-refractivity contribution is -0.116. The Hall–Kier alpha value is -1.73. The van der Waals surface area contributed by atoms with E-state index in [2.05, 4.69) is 15.5 Å². The maximum atomic E-state index is 12.0. The number of nitrogens with one attached hydrogen (secondary N) is 1. The summed E-state index contributed by atoms with van der Waals surface area (Å²) in [5.74, 6) is -0.0496. The highest BCUT2D eigenvalue weighted by molar-refractivity contribution is 6.42. The Balaban J connectivity index is 1.67. The van der Waals surface area contributed by atoms with Gasteiger partial charge in [0, 0.05) is 12.4 Å². The molecule has 0 unspecified atom stereocenters. The Morgan fingerprint density at radius 3 is 2.52 bits per heavy atom. The van der Waals surface area contributed by atoms with Crippen molar-refractivity contribution in [2.24, 2.45) is 0 Å². The zero-order chi connectivity index (χ0) is 18.0. The number of amides is 1. The first-order valence-electron chi connectivity index (χ1n) is 7.05.